The number of nitrogens with two attached hydrogens (primary N) is 1. The molecule has 1 aliphatic carbocycles. The van der Waals surface area contributed by atoms with Gasteiger partial charge in [-0.05, 0) is 50.0 Å². The van der Waals surface area contributed by atoms with Crippen molar-refractivity contribution in [3.05, 3.63) is 35.9 Å². The Morgan fingerprint density at radius 2 is 2.03 bits per heavy atom. The zero-order valence-electron chi connectivity index (χ0n) is 17.8. The lowest BCUT2D eigenvalue weighted by molar-refractivity contribution is 0.141. The van der Waals surface area contributed by atoms with Crippen molar-refractivity contribution in [1.82, 2.24) is 0 Å². The summed E-state index contributed by atoms with van der Waals surface area (Å²) in [5.41, 5.74) is 7.04. The minimum absolute atomic E-state index is 0.0587. The van der Waals surface area contributed by atoms with Crippen LogP contribution in [-0.2, 0) is 4.74 Å². The fourth-order valence-corrected chi connectivity index (χ4v) is 3.26. The molecule has 8 nitrogen and oxygen atoms in total. The van der Waals surface area contributed by atoms with Crippen molar-refractivity contribution in [2.45, 2.75) is 37.8 Å². The number of nitrogens with zero attached hydrogens (tertiary/aromatic N) is 3. The number of ether oxygens (including phenoxy) is 3. The molecule has 2 rings (SSSR count). The first-order chi connectivity index (χ1) is 15.0. The zero-order valence-corrected chi connectivity index (χ0v) is 18.6. The van der Waals surface area contributed by atoms with Crippen LogP contribution in [0.1, 0.15) is 31.2 Å². The summed E-state index contributed by atoms with van der Waals surface area (Å²) in [4.78, 5) is 8.68. The van der Waals surface area contributed by atoms with E-state index in [0.717, 1.165) is 25.7 Å². The molecule has 1 aromatic rings. The summed E-state index contributed by atoms with van der Waals surface area (Å²) >= 11 is 5.53. The van der Waals surface area contributed by atoms with Gasteiger partial charge in [-0.25, -0.2) is 0 Å². The first kappa shape index (κ1) is 24.4. The maximum Gasteiger partial charge on any atom is 0.144 e. The van der Waals surface area contributed by atoms with E-state index in [2.05, 4.69) is 16.1 Å². The molecule has 0 saturated heterocycles. The molecule has 3 N–H and O–H groups in total. The van der Waals surface area contributed by atoms with Gasteiger partial charge in [0.05, 0.1) is 30.0 Å². The van der Waals surface area contributed by atoms with Gasteiger partial charge in [0.2, 0.25) is 0 Å². The Kier molecular flexibility index (Phi) is 10.0. The lowest BCUT2D eigenvalue weighted by Crippen LogP contribution is -2.30. The number of hydrogen-bond donors (Lipinski definition) is 2. The normalized spacial score (nSPS) is 19.8. The van der Waals surface area contributed by atoms with Gasteiger partial charge in [0.15, 0.2) is 0 Å². The van der Waals surface area contributed by atoms with E-state index in [-0.39, 0.29) is 17.3 Å². The zero-order chi connectivity index (χ0) is 22.6. The molecule has 0 bridgehead atoms. The SMILES string of the molecule is CN=C(/C=C\C(=N)Cl)C(N)=NC1CCC(Oc2ccc(C#N)c(OCCOC)c2)CC1. The highest BCUT2D eigenvalue weighted by atomic mass is 35.5. The molecule has 1 aromatic carbocycles. The standard InChI is InChI=1S/C22H28ClN5O3/c1-27-19(9-10-21(23)25)22(26)28-16-4-7-17(8-5-16)31-18-6-3-15(14-24)20(13-18)30-12-11-29-2/h3,6,9-10,13,16-17,25H,4-5,7-8,11-12H2,1-2H3,(H2,26,28)/b10-9-,25-21?,27-19?. The van der Waals surface area contributed by atoms with E-state index in [9.17, 15) is 5.26 Å². The van der Waals surface area contributed by atoms with Crippen LogP contribution in [0.2, 0.25) is 0 Å². The minimum Gasteiger partial charge on any atom is -0.490 e. The summed E-state index contributed by atoms with van der Waals surface area (Å²) in [6.45, 7) is 0.807. The van der Waals surface area contributed by atoms with Crippen molar-refractivity contribution in [2.75, 3.05) is 27.4 Å². The third-order valence-corrected chi connectivity index (χ3v) is 4.90. The maximum absolute atomic E-state index is 9.25. The van der Waals surface area contributed by atoms with Crippen LogP contribution in [-0.4, -0.2) is 56.2 Å². The molecule has 0 aliphatic heterocycles. The summed E-state index contributed by atoms with van der Waals surface area (Å²) in [6.07, 6.45) is 6.41. The van der Waals surface area contributed by atoms with Crippen LogP contribution in [0, 0.1) is 16.7 Å². The summed E-state index contributed by atoms with van der Waals surface area (Å²) in [5.74, 6) is 1.51. The van der Waals surface area contributed by atoms with Crippen LogP contribution in [0.5, 0.6) is 11.5 Å². The number of halogens is 1. The predicted octanol–water partition coefficient (Wildman–Crippen LogP) is 3.47. The number of amidine groups is 1. The average Bonchev–Trinajstić information content (AvgIpc) is 2.76. The molecule has 9 heteroatoms. The lowest BCUT2D eigenvalue weighted by Gasteiger charge is -2.27. The Bertz CT molecular complexity index is 884. The summed E-state index contributed by atoms with van der Waals surface area (Å²) in [5, 5.41) is 16.4. The van der Waals surface area contributed by atoms with Crippen molar-refractivity contribution in [2.24, 2.45) is 15.7 Å². The molecule has 0 heterocycles. The average molecular weight is 446 g/mol. The second-order valence-corrected chi connectivity index (χ2v) is 7.37. The van der Waals surface area contributed by atoms with Gasteiger partial charge in [-0.15, -0.1) is 0 Å². The van der Waals surface area contributed by atoms with Gasteiger partial charge < -0.3 is 19.9 Å². The Morgan fingerprint density at radius 3 is 2.65 bits per heavy atom. The third-order valence-electron chi connectivity index (χ3n) is 4.78. The van der Waals surface area contributed by atoms with Crippen molar-refractivity contribution in [3.63, 3.8) is 0 Å². The molecule has 1 aliphatic rings. The molecule has 0 amide bonds. The van der Waals surface area contributed by atoms with Gasteiger partial charge in [0.1, 0.15) is 35.2 Å². The highest BCUT2D eigenvalue weighted by molar-refractivity contribution is 6.67. The van der Waals surface area contributed by atoms with E-state index in [4.69, 9.17) is 37.0 Å². The second-order valence-electron chi connectivity index (χ2n) is 6.96. The van der Waals surface area contributed by atoms with Gasteiger partial charge in [-0.3, -0.25) is 15.4 Å². The number of methoxy groups -OCH3 is 1. The Morgan fingerprint density at radius 1 is 1.29 bits per heavy atom. The smallest absolute Gasteiger partial charge is 0.144 e. The van der Waals surface area contributed by atoms with E-state index < -0.39 is 0 Å². The van der Waals surface area contributed by atoms with Crippen LogP contribution in [0.4, 0.5) is 0 Å². The van der Waals surface area contributed by atoms with Crippen molar-refractivity contribution in [3.8, 4) is 17.6 Å². The van der Waals surface area contributed by atoms with Crippen LogP contribution in [0.3, 0.4) is 0 Å². The fraction of sp³-hybridized carbons (Fsp3) is 0.455. The lowest BCUT2D eigenvalue weighted by atomic mass is 9.93. The number of allylic oxidation sites excluding steroid dienone is 1. The Labute approximate surface area is 187 Å². The van der Waals surface area contributed by atoms with Crippen LogP contribution < -0.4 is 15.2 Å². The van der Waals surface area contributed by atoms with Gasteiger partial charge >= 0.3 is 0 Å². The van der Waals surface area contributed by atoms with Crippen LogP contribution in [0.15, 0.2) is 40.3 Å². The Hall–Kier alpha value is -2.89. The number of hydrogen-bond acceptors (Lipinski definition) is 7. The topological polar surface area (TPSA) is 126 Å². The number of aliphatic imine (C=N–C) groups is 2. The van der Waals surface area contributed by atoms with Crippen molar-refractivity contribution in [1.29, 1.82) is 10.7 Å². The first-order valence-electron chi connectivity index (χ1n) is 10.0. The second kappa shape index (κ2) is 12.7. The summed E-state index contributed by atoms with van der Waals surface area (Å²) in [6, 6.07) is 7.46. The highest BCUT2D eigenvalue weighted by Crippen LogP contribution is 2.29. The molecular formula is C22H28ClN5O3. The van der Waals surface area contributed by atoms with E-state index >= 15 is 0 Å². The molecule has 0 spiro atoms. The number of benzene rings is 1. The summed E-state index contributed by atoms with van der Waals surface area (Å²) in [7, 11) is 3.22. The molecule has 1 fully saturated rings. The Balaban J connectivity index is 1.94. The molecule has 166 valence electrons. The minimum atomic E-state index is -0.0957. The van der Waals surface area contributed by atoms with Gasteiger partial charge in [0, 0.05) is 20.2 Å². The number of nitrogens with one attached hydrogen (secondary N) is 1. The van der Waals surface area contributed by atoms with E-state index in [0.29, 0.717) is 41.8 Å². The molecule has 1 saturated carbocycles. The highest BCUT2D eigenvalue weighted by Gasteiger charge is 2.23. The quantitative estimate of drug-likeness (QED) is 0.324. The third kappa shape index (κ3) is 8.04. The predicted molar refractivity (Wildman–Crippen MR) is 123 cm³/mol. The van der Waals surface area contributed by atoms with Crippen molar-refractivity contribution >= 4 is 28.3 Å². The molecule has 0 atom stereocenters. The van der Waals surface area contributed by atoms with Gasteiger partial charge in [0.25, 0.3) is 0 Å². The van der Waals surface area contributed by atoms with Crippen LogP contribution in [0.25, 0.3) is 0 Å². The van der Waals surface area contributed by atoms with Crippen LogP contribution >= 0.6 is 11.6 Å². The monoisotopic (exact) mass is 445 g/mol. The van der Waals surface area contributed by atoms with Crippen molar-refractivity contribution < 1.29 is 14.2 Å². The van der Waals surface area contributed by atoms with E-state index in [1.807, 2.05) is 0 Å². The first-order valence-corrected chi connectivity index (χ1v) is 10.4. The van der Waals surface area contributed by atoms with E-state index in [1.54, 1.807) is 38.4 Å². The number of nitriles is 1. The number of rotatable bonds is 10. The summed E-state index contributed by atoms with van der Waals surface area (Å²) < 4.78 is 16.7. The largest absolute Gasteiger partial charge is 0.490 e. The molecule has 0 aromatic heterocycles. The van der Waals surface area contributed by atoms with Gasteiger partial charge in [-0.2, -0.15) is 5.26 Å². The van der Waals surface area contributed by atoms with E-state index in [1.165, 1.54) is 6.08 Å². The fourth-order valence-electron chi connectivity index (χ4n) is 3.20. The molecule has 0 unspecified atom stereocenters. The molecule has 0 radical (unpaired) electrons. The molecular weight excluding hydrogens is 418 g/mol. The van der Waals surface area contributed by atoms with Gasteiger partial charge in [-0.1, -0.05) is 11.6 Å². The molecule has 31 heavy (non-hydrogen) atoms. The maximum atomic E-state index is 9.25.